The van der Waals surface area contributed by atoms with Gasteiger partial charge in [-0.15, -0.1) is 5.10 Å². The summed E-state index contributed by atoms with van der Waals surface area (Å²) in [7, 11) is 2.15. The molecular formula is C15H20ClN5. The van der Waals surface area contributed by atoms with Crippen molar-refractivity contribution in [1.82, 2.24) is 24.9 Å². The molecule has 2 aromatic rings. The predicted molar refractivity (Wildman–Crippen MR) is 82.3 cm³/mol. The van der Waals surface area contributed by atoms with Crippen molar-refractivity contribution in [2.75, 3.05) is 13.6 Å². The minimum Gasteiger partial charge on any atom is -0.295 e. The summed E-state index contributed by atoms with van der Waals surface area (Å²) in [6, 6.07) is 1.81. The number of hydrogen-bond donors (Lipinski definition) is 0. The van der Waals surface area contributed by atoms with Gasteiger partial charge >= 0.3 is 0 Å². The molecule has 112 valence electrons. The molecule has 3 heterocycles. The van der Waals surface area contributed by atoms with E-state index in [1.165, 1.54) is 6.42 Å². The second-order valence-corrected chi connectivity index (χ2v) is 6.37. The molecule has 1 atom stereocenters. The van der Waals surface area contributed by atoms with E-state index >= 15 is 0 Å². The summed E-state index contributed by atoms with van der Waals surface area (Å²) in [4.78, 5) is 6.74. The molecule has 1 aliphatic rings. The third-order valence-electron chi connectivity index (χ3n) is 4.64. The molecule has 0 bridgehead atoms. The molecule has 5 nitrogen and oxygen atoms in total. The van der Waals surface area contributed by atoms with E-state index < -0.39 is 0 Å². The average molecular weight is 306 g/mol. The molecule has 21 heavy (non-hydrogen) atoms. The molecule has 0 unspecified atom stereocenters. The van der Waals surface area contributed by atoms with E-state index in [4.69, 9.17) is 11.6 Å². The van der Waals surface area contributed by atoms with E-state index in [-0.39, 0.29) is 5.54 Å². The lowest BCUT2D eigenvalue weighted by molar-refractivity contribution is 0.191. The van der Waals surface area contributed by atoms with Crippen LogP contribution in [0.25, 0.3) is 0 Å². The molecule has 0 aromatic carbocycles. The zero-order valence-electron chi connectivity index (χ0n) is 12.7. The third kappa shape index (κ3) is 2.56. The van der Waals surface area contributed by atoms with Gasteiger partial charge in [-0.1, -0.05) is 16.8 Å². The standard InChI is InChI=1S/C15H20ClN5/c1-11-12(16)5-7-17-13(11)9-21-10-14(18-19-21)15(2)6-4-8-20(15)3/h5,7,10H,4,6,8-9H2,1-3H3/t15-/m0/s1. The van der Waals surface area contributed by atoms with Crippen LogP contribution in [0.5, 0.6) is 0 Å². The molecule has 0 radical (unpaired) electrons. The Morgan fingerprint density at radius 3 is 2.95 bits per heavy atom. The van der Waals surface area contributed by atoms with Gasteiger partial charge in [0.15, 0.2) is 0 Å². The highest BCUT2D eigenvalue weighted by molar-refractivity contribution is 6.31. The normalized spacial score (nSPS) is 22.9. The Hall–Kier alpha value is -1.46. The Morgan fingerprint density at radius 1 is 1.43 bits per heavy atom. The van der Waals surface area contributed by atoms with Crippen LogP contribution in [0.1, 0.15) is 36.7 Å². The third-order valence-corrected chi connectivity index (χ3v) is 5.05. The minimum absolute atomic E-state index is 0.00490. The number of rotatable bonds is 3. The second kappa shape index (κ2) is 5.39. The minimum atomic E-state index is -0.00490. The van der Waals surface area contributed by atoms with Crippen LogP contribution >= 0.6 is 11.6 Å². The molecule has 0 aliphatic carbocycles. The Balaban J connectivity index is 1.84. The average Bonchev–Trinajstić information content (AvgIpc) is 3.04. The first-order valence-electron chi connectivity index (χ1n) is 7.22. The van der Waals surface area contributed by atoms with Gasteiger partial charge in [0.2, 0.25) is 0 Å². The fraction of sp³-hybridized carbons (Fsp3) is 0.533. The first kappa shape index (κ1) is 14.5. The maximum atomic E-state index is 6.14. The van der Waals surface area contributed by atoms with Gasteiger partial charge in [-0.2, -0.15) is 0 Å². The Labute approximate surface area is 129 Å². The number of halogens is 1. The highest BCUT2D eigenvalue weighted by Gasteiger charge is 2.38. The fourth-order valence-corrected chi connectivity index (χ4v) is 3.07. The molecule has 1 fully saturated rings. The summed E-state index contributed by atoms with van der Waals surface area (Å²) in [6.45, 7) is 5.92. The number of hydrogen-bond acceptors (Lipinski definition) is 4. The van der Waals surface area contributed by atoms with Crippen molar-refractivity contribution in [1.29, 1.82) is 0 Å². The van der Waals surface area contributed by atoms with Crippen LogP contribution in [0.3, 0.4) is 0 Å². The molecular weight excluding hydrogens is 286 g/mol. The van der Waals surface area contributed by atoms with E-state index in [1.54, 1.807) is 6.20 Å². The van der Waals surface area contributed by atoms with Gasteiger partial charge in [0.1, 0.15) is 5.69 Å². The van der Waals surface area contributed by atoms with E-state index in [1.807, 2.05) is 23.9 Å². The largest absolute Gasteiger partial charge is 0.295 e. The Morgan fingerprint density at radius 2 is 2.24 bits per heavy atom. The van der Waals surface area contributed by atoms with Gasteiger partial charge in [-0.25, -0.2) is 4.68 Å². The Kier molecular flexibility index (Phi) is 3.71. The van der Waals surface area contributed by atoms with Crippen molar-refractivity contribution >= 4 is 11.6 Å². The van der Waals surface area contributed by atoms with E-state index in [9.17, 15) is 0 Å². The molecule has 0 N–H and O–H groups in total. The maximum absolute atomic E-state index is 6.14. The Bertz CT molecular complexity index is 653. The van der Waals surface area contributed by atoms with Gasteiger partial charge < -0.3 is 0 Å². The first-order chi connectivity index (χ1) is 10.0. The number of aromatic nitrogens is 4. The van der Waals surface area contributed by atoms with Crippen molar-refractivity contribution in [3.63, 3.8) is 0 Å². The van der Waals surface area contributed by atoms with E-state index in [2.05, 4.69) is 34.2 Å². The lowest BCUT2D eigenvalue weighted by Crippen LogP contribution is -2.35. The van der Waals surface area contributed by atoms with Gasteiger partial charge in [0, 0.05) is 11.2 Å². The topological polar surface area (TPSA) is 46.8 Å². The molecule has 0 saturated carbocycles. The van der Waals surface area contributed by atoms with Crippen LogP contribution in [0.2, 0.25) is 5.02 Å². The molecule has 1 aliphatic heterocycles. The molecule has 3 rings (SSSR count). The van der Waals surface area contributed by atoms with Crippen LogP contribution in [0, 0.1) is 6.92 Å². The van der Waals surface area contributed by atoms with Crippen LogP contribution < -0.4 is 0 Å². The summed E-state index contributed by atoms with van der Waals surface area (Å²) in [5, 5.41) is 9.38. The highest BCUT2D eigenvalue weighted by atomic mass is 35.5. The van der Waals surface area contributed by atoms with Gasteiger partial charge in [0.25, 0.3) is 0 Å². The summed E-state index contributed by atoms with van der Waals surface area (Å²) in [6.07, 6.45) is 6.09. The summed E-state index contributed by atoms with van der Waals surface area (Å²) >= 11 is 6.14. The monoisotopic (exact) mass is 305 g/mol. The van der Waals surface area contributed by atoms with Crippen molar-refractivity contribution < 1.29 is 0 Å². The van der Waals surface area contributed by atoms with Gasteiger partial charge in [-0.3, -0.25) is 9.88 Å². The summed E-state index contributed by atoms with van der Waals surface area (Å²) in [5.74, 6) is 0. The molecule has 2 aromatic heterocycles. The molecule has 0 amide bonds. The predicted octanol–water partition coefficient (Wildman–Crippen LogP) is 2.62. The molecule has 1 saturated heterocycles. The number of pyridine rings is 1. The van der Waals surface area contributed by atoms with Crippen molar-refractivity contribution in [3.8, 4) is 0 Å². The first-order valence-corrected chi connectivity index (χ1v) is 7.60. The van der Waals surface area contributed by atoms with Crippen LogP contribution in [-0.4, -0.2) is 38.5 Å². The zero-order valence-corrected chi connectivity index (χ0v) is 13.4. The van der Waals surface area contributed by atoms with Crippen molar-refractivity contribution in [2.24, 2.45) is 0 Å². The zero-order chi connectivity index (χ0) is 15.0. The number of nitrogens with zero attached hydrogens (tertiary/aromatic N) is 5. The summed E-state index contributed by atoms with van der Waals surface area (Å²) < 4.78 is 1.85. The quantitative estimate of drug-likeness (QED) is 0.874. The lowest BCUT2D eigenvalue weighted by atomic mass is 9.96. The highest BCUT2D eigenvalue weighted by Crippen LogP contribution is 2.35. The SMILES string of the molecule is Cc1c(Cl)ccnc1Cn1cc([C@]2(C)CCCN2C)nn1. The lowest BCUT2D eigenvalue weighted by Gasteiger charge is -2.29. The molecule has 6 heteroatoms. The second-order valence-electron chi connectivity index (χ2n) is 5.96. The van der Waals surface area contributed by atoms with Crippen molar-refractivity contribution in [2.45, 2.75) is 38.8 Å². The summed E-state index contributed by atoms with van der Waals surface area (Å²) in [5.41, 5.74) is 2.96. The van der Waals surface area contributed by atoms with Crippen LogP contribution in [-0.2, 0) is 12.1 Å². The van der Waals surface area contributed by atoms with E-state index in [0.717, 1.165) is 34.9 Å². The maximum Gasteiger partial charge on any atom is 0.103 e. The molecule has 0 spiro atoms. The van der Waals surface area contributed by atoms with Crippen LogP contribution in [0.15, 0.2) is 18.5 Å². The van der Waals surface area contributed by atoms with E-state index in [0.29, 0.717) is 6.54 Å². The number of likely N-dealkylation sites (tertiary alicyclic amines) is 1. The van der Waals surface area contributed by atoms with Crippen LogP contribution in [0.4, 0.5) is 0 Å². The fourth-order valence-electron chi connectivity index (χ4n) is 2.91. The smallest absolute Gasteiger partial charge is 0.103 e. The van der Waals surface area contributed by atoms with Gasteiger partial charge in [-0.05, 0) is 51.9 Å². The van der Waals surface area contributed by atoms with Crippen molar-refractivity contribution in [3.05, 3.63) is 40.4 Å². The van der Waals surface area contributed by atoms with Gasteiger partial charge in [0.05, 0.1) is 24.0 Å².